The zero-order chi connectivity index (χ0) is 24.6. The maximum atomic E-state index is 10.3. The van der Waals surface area contributed by atoms with E-state index in [1.807, 2.05) is 60.1 Å². The molecule has 0 spiro atoms. The van der Waals surface area contributed by atoms with Crippen LogP contribution in [0.15, 0.2) is 64.6 Å². The number of aromatic nitrogens is 2. The predicted octanol–water partition coefficient (Wildman–Crippen LogP) is 6.00. The molecule has 0 bridgehead atoms. The van der Waals surface area contributed by atoms with Gasteiger partial charge < -0.3 is 29.6 Å². The lowest BCUT2D eigenvalue weighted by atomic mass is 10.1. The van der Waals surface area contributed by atoms with Crippen molar-refractivity contribution in [1.82, 2.24) is 15.3 Å². The molecule has 0 radical (unpaired) electrons. The highest BCUT2D eigenvalue weighted by Crippen LogP contribution is 2.31. The molecule has 0 aliphatic heterocycles. The van der Waals surface area contributed by atoms with Crippen LogP contribution in [-0.4, -0.2) is 55.1 Å². The lowest BCUT2D eigenvalue weighted by Crippen LogP contribution is -2.32. The smallest absolute Gasteiger partial charge is 0.160 e. The number of aliphatic hydroxyl groups excluding tert-OH is 1. The number of nitrogens with zero attached hydrogens (tertiary/aromatic N) is 1. The van der Waals surface area contributed by atoms with Crippen molar-refractivity contribution in [1.29, 1.82) is 0 Å². The number of halogens is 3. The molecule has 0 amide bonds. The van der Waals surface area contributed by atoms with E-state index in [0.29, 0.717) is 23.8 Å². The fourth-order valence-electron chi connectivity index (χ4n) is 3.57. The summed E-state index contributed by atoms with van der Waals surface area (Å²) in [5.41, 5.74) is 3.00. The van der Waals surface area contributed by atoms with Gasteiger partial charge in [-0.05, 0) is 76.2 Å². The van der Waals surface area contributed by atoms with Crippen molar-refractivity contribution in [3.05, 3.63) is 70.1 Å². The van der Waals surface area contributed by atoms with Gasteiger partial charge in [0.1, 0.15) is 24.3 Å². The number of imidazole rings is 1. The molecule has 2 aromatic heterocycles. The predicted molar refractivity (Wildman–Crippen MR) is 157 cm³/mol. The minimum Gasteiger partial charge on any atom is -0.493 e. The number of ether oxygens (including phenoxy) is 3. The van der Waals surface area contributed by atoms with Gasteiger partial charge in [-0.15, -0.1) is 36.2 Å². The molecule has 1 atom stereocenters. The summed E-state index contributed by atoms with van der Waals surface area (Å²) < 4.78 is 17.2. The van der Waals surface area contributed by atoms with Crippen molar-refractivity contribution >= 4 is 52.1 Å². The van der Waals surface area contributed by atoms with E-state index in [4.69, 9.17) is 14.2 Å². The molecule has 200 valence electrons. The molecule has 2 aromatic carbocycles. The third-order valence-corrected chi connectivity index (χ3v) is 6.92. The Hall–Kier alpha value is -2.27. The van der Waals surface area contributed by atoms with Gasteiger partial charge in [0.15, 0.2) is 11.5 Å². The molecule has 0 saturated carbocycles. The molecule has 0 aliphatic carbocycles. The maximum absolute atomic E-state index is 10.3. The van der Waals surface area contributed by atoms with E-state index in [2.05, 4.69) is 31.2 Å². The number of rotatable bonds is 12. The van der Waals surface area contributed by atoms with Gasteiger partial charge in [-0.25, -0.2) is 4.98 Å². The van der Waals surface area contributed by atoms with E-state index >= 15 is 0 Å². The van der Waals surface area contributed by atoms with Crippen molar-refractivity contribution in [3.63, 3.8) is 0 Å². The van der Waals surface area contributed by atoms with Crippen LogP contribution in [0.1, 0.15) is 5.56 Å². The van der Waals surface area contributed by atoms with Crippen molar-refractivity contribution in [3.8, 4) is 39.2 Å². The Morgan fingerprint density at radius 1 is 1.05 bits per heavy atom. The number of aliphatic hydroxyl groups is 1. The Balaban J connectivity index is 0.00000241. The van der Waals surface area contributed by atoms with Crippen LogP contribution < -0.4 is 19.5 Å². The second-order valence-corrected chi connectivity index (χ2v) is 9.67. The first-order chi connectivity index (χ1) is 17.1. The Labute approximate surface area is 241 Å². The quantitative estimate of drug-likeness (QED) is 0.166. The van der Waals surface area contributed by atoms with E-state index < -0.39 is 6.10 Å². The first kappa shape index (κ1) is 31.0. The molecule has 0 saturated heterocycles. The lowest BCUT2D eigenvalue weighted by Gasteiger charge is -2.15. The first-order valence-corrected chi connectivity index (χ1v) is 12.9. The zero-order valence-electron chi connectivity index (χ0n) is 20.4. The molecule has 0 aliphatic rings. The van der Waals surface area contributed by atoms with Crippen molar-refractivity contribution in [2.24, 2.45) is 0 Å². The number of benzene rings is 2. The van der Waals surface area contributed by atoms with Gasteiger partial charge >= 0.3 is 0 Å². The topological polar surface area (TPSA) is 88.6 Å². The number of thiophene rings is 1. The summed E-state index contributed by atoms with van der Waals surface area (Å²) in [5, 5.41) is 15.6. The molecule has 4 aromatic rings. The Bertz CT molecular complexity index is 1240. The zero-order valence-corrected chi connectivity index (χ0v) is 24.4. The molecule has 37 heavy (non-hydrogen) atoms. The van der Waals surface area contributed by atoms with E-state index in [0.717, 1.165) is 45.0 Å². The van der Waals surface area contributed by atoms with Gasteiger partial charge in [-0.2, -0.15) is 0 Å². The highest BCUT2D eigenvalue weighted by molar-refractivity contribution is 9.10. The molecule has 4 rings (SSSR count). The third-order valence-electron chi connectivity index (χ3n) is 5.41. The van der Waals surface area contributed by atoms with Crippen molar-refractivity contribution in [2.75, 3.05) is 33.9 Å². The van der Waals surface area contributed by atoms with Gasteiger partial charge in [0, 0.05) is 18.3 Å². The van der Waals surface area contributed by atoms with Crippen molar-refractivity contribution in [2.45, 2.75) is 12.5 Å². The van der Waals surface area contributed by atoms with Crippen LogP contribution in [0.5, 0.6) is 17.2 Å². The Kier molecular flexibility index (Phi) is 12.7. The summed E-state index contributed by atoms with van der Waals surface area (Å²) in [6.07, 6.45) is 2.08. The third kappa shape index (κ3) is 8.36. The second-order valence-electron chi connectivity index (χ2n) is 7.87. The van der Waals surface area contributed by atoms with Crippen LogP contribution in [-0.2, 0) is 6.42 Å². The van der Waals surface area contributed by atoms with Crippen LogP contribution in [0.2, 0.25) is 0 Å². The molecule has 0 fully saturated rings. The number of hydrogen-bond acceptors (Lipinski definition) is 7. The fourth-order valence-corrected chi connectivity index (χ4v) is 4.75. The Morgan fingerprint density at radius 3 is 2.54 bits per heavy atom. The molecule has 2 heterocycles. The monoisotopic (exact) mass is 629 g/mol. The van der Waals surface area contributed by atoms with E-state index in [-0.39, 0.29) is 31.4 Å². The number of hydrogen-bond donors (Lipinski definition) is 3. The molecular weight excluding hydrogens is 601 g/mol. The van der Waals surface area contributed by atoms with E-state index in [9.17, 15) is 5.11 Å². The largest absolute Gasteiger partial charge is 0.493 e. The highest BCUT2D eigenvalue weighted by Gasteiger charge is 2.11. The van der Waals surface area contributed by atoms with Crippen LogP contribution in [0.3, 0.4) is 0 Å². The molecule has 11 heteroatoms. The Morgan fingerprint density at radius 2 is 1.84 bits per heavy atom. The number of methoxy groups -OCH3 is 2. The van der Waals surface area contributed by atoms with Gasteiger partial charge in [0.05, 0.1) is 29.3 Å². The average molecular weight is 631 g/mol. The highest BCUT2D eigenvalue weighted by atomic mass is 79.9. The summed E-state index contributed by atoms with van der Waals surface area (Å²) in [5.74, 6) is 2.89. The molecule has 7 nitrogen and oxygen atoms in total. The average Bonchev–Trinajstić information content (AvgIpc) is 3.58. The minimum atomic E-state index is -0.634. The van der Waals surface area contributed by atoms with Gasteiger partial charge in [0.2, 0.25) is 0 Å². The molecule has 3 N–H and O–H groups in total. The summed E-state index contributed by atoms with van der Waals surface area (Å²) in [7, 11) is 3.25. The summed E-state index contributed by atoms with van der Waals surface area (Å²) >= 11 is 5.23. The number of H-pyrrole nitrogens is 1. The van der Waals surface area contributed by atoms with Crippen LogP contribution in [0.4, 0.5) is 0 Å². The minimum absolute atomic E-state index is 0. The fraction of sp³-hybridized carbons (Fsp3) is 0.269. The summed E-state index contributed by atoms with van der Waals surface area (Å²) in [4.78, 5) is 9.04. The van der Waals surface area contributed by atoms with Crippen LogP contribution in [0.25, 0.3) is 22.0 Å². The summed E-state index contributed by atoms with van der Waals surface area (Å²) in [6, 6.07) is 15.7. The van der Waals surface area contributed by atoms with Crippen LogP contribution in [0, 0.1) is 0 Å². The van der Waals surface area contributed by atoms with Gasteiger partial charge in [-0.3, -0.25) is 0 Å². The second kappa shape index (κ2) is 15.2. The van der Waals surface area contributed by atoms with E-state index in [1.54, 1.807) is 25.6 Å². The van der Waals surface area contributed by atoms with Crippen molar-refractivity contribution < 1.29 is 19.3 Å². The van der Waals surface area contributed by atoms with E-state index in [1.165, 1.54) is 0 Å². The van der Waals surface area contributed by atoms with Gasteiger partial charge in [0.25, 0.3) is 0 Å². The summed E-state index contributed by atoms with van der Waals surface area (Å²) in [6.45, 7) is 1.34. The van der Waals surface area contributed by atoms with Gasteiger partial charge in [-0.1, -0.05) is 12.1 Å². The normalized spacial score (nSPS) is 11.2. The first-order valence-electron chi connectivity index (χ1n) is 11.2. The number of aromatic amines is 1. The number of nitrogens with one attached hydrogen (secondary N) is 2. The standard InChI is InChI=1S/C26H28BrN3O4S.2ClH/c1-32-23-7-5-17(12-24(23)33-2)9-10-28-14-19(31)16-34-22-8-6-18(13-20(22)27)26-29-15-21(30-26)25-4-3-11-35-25;;/h3-8,11-13,15,19,28,31H,9-10,14,16H2,1-2H3,(H,29,30);2*1H/t19-;;/m0../s1. The molecule has 0 unspecified atom stereocenters. The lowest BCUT2D eigenvalue weighted by molar-refractivity contribution is 0.106. The SMILES string of the molecule is COc1ccc(CCNC[C@H](O)COc2ccc(-c3nc(-c4cccs4)c[nH]3)cc2Br)cc1OC.Cl.Cl. The maximum Gasteiger partial charge on any atom is 0.160 e. The van der Waals surface area contributed by atoms with Crippen LogP contribution >= 0.6 is 52.1 Å². The molecular formula is C26H30BrCl2N3O4S.